The maximum absolute atomic E-state index is 13.9. The number of thiophene rings is 1. The van der Waals surface area contributed by atoms with E-state index in [9.17, 15) is 9.18 Å². The maximum atomic E-state index is 13.9. The van der Waals surface area contributed by atoms with Gasteiger partial charge in [-0.15, -0.1) is 23.7 Å². The number of carbonyl (C=O) groups excluding carboxylic acids is 1. The van der Waals surface area contributed by atoms with Crippen molar-refractivity contribution in [2.24, 2.45) is 0 Å². The van der Waals surface area contributed by atoms with Gasteiger partial charge >= 0.3 is 0 Å². The molecule has 0 radical (unpaired) electrons. The molecule has 0 spiro atoms. The Labute approximate surface area is 166 Å². The van der Waals surface area contributed by atoms with Crippen molar-refractivity contribution in [2.75, 3.05) is 32.1 Å². The number of nitrogens with zero attached hydrogens (tertiary/aromatic N) is 3. The molecule has 1 aromatic carbocycles. The highest BCUT2D eigenvalue weighted by Crippen LogP contribution is 2.30. The van der Waals surface area contributed by atoms with E-state index in [1.165, 1.54) is 17.4 Å². The molecule has 0 aliphatic carbocycles. The van der Waals surface area contributed by atoms with Crippen molar-refractivity contribution in [2.45, 2.75) is 0 Å². The molecule has 0 N–H and O–H groups in total. The predicted octanol–water partition coefficient (Wildman–Crippen LogP) is 4.53. The van der Waals surface area contributed by atoms with Crippen LogP contribution in [0.25, 0.3) is 16.3 Å². The summed E-state index contributed by atoms with van der Waals surface area (Å²) in [6.45, 7) is 1.18. The van der Waals surface area contributed by atoms with E-state index in [-0.39, 0.29) is 24.1 Å². The fraction of sp³-hybridized carbons (Fsp3) is 0.222. The van der Waals surface area contributed by atoms with Crippen LogP contribution in [0.15, 0.2) is 41.8 Å². The molecule has 2 aromatic heterocycles. The van der Waals surface area contributed by atoms with Crippen molar-refractivity contribution in [1.29, 1.82) is 0 Å². The van der Waals surface area contributed by atoms with Crippen molar-refractivity contribution in [1.82, 2.24) is 9.88 Å². The van der Waals surface area contributed by atoms with Crippen molar-refractivity contribution >= 4 is 62.4 Å². The Kier molecular flexibility index (Phi) is 7.28. The maximum Gasteiger partial charge on any atom is 0.252 e. The van der Waals surface area contributed by atoms with E-state index in [0.717, 1.165) is 9.58 Å². The minimum absolute atomic E-state index is 0. The summed E-state index contributed by atoms with van der Waals surface area (Å²) in [4.78, 5) is 21.7. The van der Waals surface area contributed by atoms with Gasteiger partial charge in [-0.2, -0.15) is 0 Å². The topological polar surface area (TPSA) is 36.4 Å². The summed E-state index contributed by atoms with van der Waals surface area (Å²) in [6, 6.07) is 8.74. The van der Waals surface area contributed by atoms with Crippen LogP contribution in [-0.4, -0.2) is 43.0 Å². The summed E-state index contributed by atoms with van der Waals surface area (Å²) in [5.74, 6) is -0.524. The van der Waals surface area contributed by atoms with Crippen LogP contribution in [0.3, 0.4) is 0 Å². The molecule has 0 saturated carbocycles. The zero-order valence-electron chi connectivity index (χ0n) is 14.4. The number of carbonyl (C=O) groups is 1. The molecule has 138 valence electrons. The lowest BCUT2D eigenvalue weighted by Gasteiger charge is -2.20. The molecule has 3 aromatic rings. The summed E-state index contributed by atoms with van der Waals surface area (Å²) >= 11 is 2.90. The molecule has 26 heavy (non-hydrogen) atoms. The van der Waals surface area contributed by atoms with E-state index in [1.807, 2.05) is 42.6 Å². The number of rotatable bonds is 6. The van der Waals surface area contributed by atoms with Crippen molar-refractivity contribution in [3.8, 4) is 0 Å². The zero-order chi connectivity index (χ0) is 17.8. The highest BCUT2D eigenvalue weighted by Gasteiger charge is 2.19. The second-order valence-electron chi connectivity index (χ2n) is 5.72. The lowest BCUT2D eigenvalue weighted by atomic mass is 10.3. The summed E-state index contributed by atoms with van der Waals surface area (Å²) in [5, 5.41) is 2.48. The SMILES string of the molecule is CN(C)CCN(C(=O)/C=C/c1cccs1)c1nc2c(F)cccc2s1.Cl. The number of likely N-dealkylation sites (N-methyl/N-ethyl adjacent to an activating group) is 1. The van der Waals surface area contributed by atoms with Gasteiger partial charge in [0.2, 0.25) is 0 Å². The fourth-order valence-corrected chi connectivity index (χ4v) is 3.88. The Hall–Kier alpha value is -1.80. The first-order valence-corrected chi connectivity index (χ1v) is 9.47. The molecule has 2 heterocycles. The number of hydrogen-bond acceptors (Lipinski definition) is 5. The summed E-state index contributed by atoms with van der Waals surface area (Å²) in [5.41, 5.74) is 0.312. The highest BCUT2D eigenvalue weighted by molar-refractivity contribution is 7.22. The molecule has 4 nitrogen and oxygen atoms in total. The van der Waals surface area contributed by atoms with Gasteiger partial charge in [0.05, 0.1) is 4.70 Å². The van der Waals surface area contributed by atoms with Crippen LogP contribution in [-0.2, 0) is 4.79 Å². The lowest BCUT2D eigenvalue weighted by molar-refractivity contribution is -0.114. The fourth-order valence-electron chi connectivity index (χ4n) is 2.25. The quantitative estimate of drug-likeness (QED) is 0.559. The van der Waals surface area contributed by atoms with E-state index in [2.05, 4.69) is 4.98 Å². The smallest absolute Gasteiger partial charge is 0.252 e. The Morgan fingerprint density at radius 1 is 1.23 bits per heavy atom. The van der Waals surface area contributed by atoms with Crippen LogP contribution < -0.4 is 4.90 Å². The average Bonchev–Trinajstić information content (AvgIpc) is 3.22. The average molecular weight is 412 g/mol. The Morgan fingerprint density at radius 2 is 2.04 bits per heavy atom. The number of thiazole rings is 1. The first kappa shape index (κ1) is 20.5. The van der Waals surface area contributed by atoms with Gasteiger partial charge in [0.15, 0.2) is 5.13 Å². The first-order chi connectivity index (χ1) is 12.0. The number of halogens is 2. The number of fused-ring (bicyclic) bond motifs is 1. The van der Waals surface area contributed by atoms with Crippen LogP contribution in [0, 0.1) is 5.82 Å². The number of hydrogen-bond donors (Lipinski definition) is 0. The van der Waals surface area contributed by atoms with Crippen molar-refractivity contribution < 1.29 is 9.18 Å². The third kappa shape index (κ3) is 4.88. The standard InChI is InChI=1S/C18H18FN3OS2.ClH/c1-21(2)10-11-22(16(23)9-8-13-5-4-12-24-13)18-20-17-14(19)6-3-7-15(17)25-18;/h3-9,12H,10-11H2,1-2H3;1H/b9-8+;. The van der Waals surface area contributed by atoms with Crippen LogP contribution in [0.5, 0.6) is 0 Å². The van der Waals surface area contributed by atoms with Gasteiger partial charge in [0.1, 0.15) is 11.3 Å². The summed E-state index contributed by atoms with van der Waals surface area (Å²) < 4.78 is 14.7. The van der Waals surface area contributed by atoms with Gasteiger partial charge in [0, 0.05) is 24.0 Å². The monoisotopic (exact) mass is 411 g/mol. The summed E-state index contributed by atoms with van der Waals surface area (Å²) in [6.07, 6.45) is 3.34. The minimum Gasteiger partial charge on any atom is -0.308 e. The van der Waals surface area contributed by atoms with E-state index in [4.69, 9.17) is 0 Å². The molecule has 1 amide bonds. The first-order valence-electron chi connectivity index (χ1n) is 7.77. The molecule has 0 unspecified atom stereocenters. The lowest BCUT2D eigenvalue weighted by Crippen LogP contribution is -2.35. The number of benzene rings is 1. The number of amides is 1. The molecule has 0 atom stereocenters. The van der Waals surface area contributed by atoms with Crippen LogP contribution >= 0.6 is 35.1 Å². The zero-order valence-corrected chi connectivity index (χ0v) is 16.8. The van der Waals surface area contributed by atoms with Gasteiger partial charge < -0.3 is 4.90 Å². The van der Waals surface area contributed by atoms with Crippen molar-refractivity contribution in [3.63, 3.8) is 0 Å². The summed E-state index contributed by atoms with van der Waals surface area (Å²) in [7, 11) is 3.89. The predicted molar refractivity (Wildman–Crippen MR) is 111 cm³/mol. The number of anilines is 1. The van der Waals surface area contributed by atoms with Gasteiger partial charge in [-0.25, -0.2) is 9.37 Å². The van der Waals surface area contributed by atoms with E-state index in [1.54, 1.807) is 34.5 Å². The van der Waals surface area contributed by atoms with Gasteiger partial charge in [-0.1, -0.05) is 23.5 Å². The Balaban J connectivity index is 0.00000243. The second kappa shape index (κ2) is 9.23. The molecule has 3 rings (SSSR count). The number of aromatic nitrogens is 1. The molecule has 0 aliphatic heterocycles. The third-order valence-corrected chi connectivity index (χ3v) is 5.44. The molecular formula is C18H19ClFN3OS2. The van der Waals surface area contributed by atoms with E-state index < -0.39 is 0 Å². The van der Waals surface area contributed by atoms with Crippen molar-refractivity contribution in [3.05, 3.63) is 52.5 Å². The molecule has 0 aliphatic rings. The molecule has 0 bridgehead atoms. The Morgan fingerprint density at radius 3 is 2.69 bits per heavy atom. The van der Waals surface area contributed by atoms with Gasteiger partial charge in [0.25, 0.3) is 5.91 Å². The van der Waals surface area contributed by atoms with Crippen LogP contribution in [0.4, 0.5) is 9.52 Å². The normalized spacial score (nSPS) is 11.2. The van der Waals surface area contributed by atoms with E-state index in [0.29, 0.717) is 23.7 Å². The highest BCUT2D eigenvalue weighted by atomic mass is 35.5. The third-order valence-electron chi connectivity index (χ3n) is 3.56. The van der Waals surface area contributed by atoms with E-state index >= 15 is 0 Å². The molecular weight excluding hydrogens is 393 g/mol. The minimum atomic E-state index is -0.367. The van der Waals surface area contributed by atoms with Gasteiger partial charge in [-0.05, 0) is 43.8 Å². The van der Waals surface area contributed by atoms with Crippen LogP contribution in [0.1, 0.15) is 4.88 Å². The Bertz CT molecular complexity index is 893. The number of para-hydroxylation sites is 1. The van der Waals surface area contributed by atoms with Gasteiger partial charge in [-0.3, -0.25) is 9.69 Å². The molecule has 0 fully saturated rings. The molecule has 0 saturated heterocycles. The second-order valence-corrected chi connectivity index (χ2v) is 7.71. The molecule has 8 heteroatoms. The largest absolute Gasteiger partial charge is 0.308 e. The van der Waals surface area contributed by atoms with Crippen LogP contribution in [0.2, 0.25) is 0 Å².